The van der Waals surface area contributed by atoms with Crippen molar-refractivity contribution < 1.29 is 4.74 Å². The zero-order chi connectivity index (χ0) is 16.3. The van der Waals surface area contributed by atoms with Gasteiger partial charge in [-0.2, -0.15) is 0 Å². The second-order valence-corrected chi connectivity index (χ2v) is 5.35. The van der Waals surface area contributed by atoms with Crippen molar-refractivity contribution in [2.45, 2.75) is 20.1 Å². The highest BCUT2D eigenvalue weighted by Crippen LogP contribution is 2.01. The van der Waals surface area contributed by atoms with E-state index < -0.39 is 0 Å². The van der Waals surface area contributed by atoms with Crippen LogP contribution in [0.3, 0.4) is 0 Å². The SMILES string of the molecule is CCNC(=NCc1ccn(C)c1)NCCOCc1ccccc1. The molecule has 0 spiro atoms. The van der Waals surface area contributed by atoms with Crippen LogP contribution in [0.1, 0.15) is 18.1 Å². The smallest absolute Gasteiger partial charge is 0.191 e. The fraction of sp³-hybridized carbons (Fsp3) is 0.389. The molecule has 1 aromatic heterocycles. The Bertz CT molecular complexity index is 592. The summed E-state index contributed by atoms with van der Waals surface area (Å²) in [5.74, 6) is 0.819. The number of hydrogen-bond donors (Lipinski definition) is 2. The van der Waals surface area contributed by atoms with E-state index in [1.54, 1.807) is 0 Å². The molecule has 0 aliphatic rings. The van der Waals surface area contributed by atoms with Crippen LogP contribution in [0.25, 0.3) is 0 Å². The Morgan fingerprint density at radius 1 is 1.13 bits per heavy atom. The van der Waals surface area contributed by atoms with Gasteiger partial charge >= 0.3 is 0 Å². The third kappa shape index (κ3) is 6.57. The molecule has 1 aromatic carbocycles. The van der Waals surface area contributed by atoms with Gasteiger partial charge in [-0.25, -0.2) is 4.99 Å². The molecule has 0 atom stereocenters. The van der Waals surface area contributed by atoms with E-state index in [0.717, 1.165) is 19.0 Å². The molecule has 0 bridgehead atoms. The Morgan fingerprint density at radius 3 is 2.65 bits per heavy atom. The number of aromatic nitrogens is 1. The largest absolute Gasteiger partial charge is 0.375 e. The summed E-state index contributed by atoms with van der Waals surface area (Å²) < 4.78 is 7.70. The number of rotatable bonds is 8. The number of aryl methyl sites for hydroxylation is 1. The van der Waals surface area contributed by atoms with Gasteiger partial charge in [0.05, 0.1) is 19.8 Å². The molecule has 1 heterocycles. The Morgan fingerprint density at radius 2 is 1.96 bits per heavy atom. The first-order valence-electron chi connectivity index (χ1n) is 8.02. The van der Waals surface area contributed by atoms with E-state index >= 15 is 0 Å². The van der Waals surface area contributed by atoms with Crippen LogP contribution in [0.5, 0.6) is 0 Å². The highest BCUT2D eigenvalue weighted by molar-refractivity contribution is 5.79. The van der Waals surface area contributed by atoms with E-state index in [9.17, 15) is 0 Å². The minimum absolute atomic E-state index is 0.639. The molecular formula is C18H26N4O. The number of nitrogens with one attached hydrogen (secondary N) is 2. The van der Waals surface area contributed by atoms with Crippen LogP contribution in [0.15, 0.2) is 53.8 Å². The maximum absolute atomic E-state index is 5.67. The van der Waals surface area contributed by atoms with Crippen LogP contribution in [0, 0.1) is 0 Å². The average Bonchev–Trinajstić information content (AvgIpc) is 2.98. The predicted octanol–water partition coefficient (Wildman–Crippen LogP) is 2.30. The number of guanidine groups is 1. The second-order valence-electron chi connectivity index (χ2n) is 5.35. The number of hydrogen-bond acceptors (Lipinski definition) is 2. The maximum Gasteiger partial charge on any atom is 0.191 e. The van der Waals surface area contributed by atoms with E-state index in [4.69, 9.17) is 4.74 Å². The van der Waals surface area contributed by atoms with Crippen LogP contribution < -0.4 is 10.6 Å². The molecule has 0 amide bonds. The predicted molar refractivity (Wildman–Crippen MR) is 94.3 cm³/mol. The normalized spacial score (nSPS) is 11.5. The zero-order valence-corrected chi connectivity index (χ0v) is 14.0. The van der Waals surface area contributed by atoms with Crippen LogP contribution in [0.4, 0.5) is 0 Å². The summed E-state index contributed by atoms with van der Waals surface area (Å²) in [5.41, 5.74) is 2.39. The van der Waals surface area contributed by atoms with Crippen molar-refractivity contribution in [2.24, 2.45) is 12.0 Å². The molecule has 5 heteroatoms. The van der Waals surface area contributed by atoms with Crippen molar-refractivity contribution in [2.75, 3.05) is 19.7 Å². The molecule has 0 aliphatic carbocycles. The summed E-state index contributed by atoms with van der Waals surface area (Å²) in [7, 11) is 2.01. The van der Waals surface area contributed by atoms with E-state index in [0.29, 0.717) is 19.8 Å². The van der Waals surface area contributed by atoms with Crippen molar-refractivity contribution in [1.29, 1.82) is 0 Å². The molecule has 2 N–H and O–H groups in total. The molecule has 5 nitrogen and oxygen atoms in total. The first-order valence-corrected chi connectivity index (χ1v) is 8.02. The first kappa shape index (κ1) is 17.1. The molecule has 0 radical (unpaired) electrons. The minimum atomic E-state index is 0.639. The molecule has 0 unspecified atom stereocenters. The Kier molecular flexibility index (Phi) is 7.20. The van der Waals surface area contributed by atoms with Crippen LogP contribution in [0.2, 0.25) is 0 Å². The van der Waals surface area contributed by atoms with Crippen molar-refractivity contribution in [3.63, 3.8) is 0 Å². The first-order chi connectivity index (χ1) is 11.3. The van der Waals surface area contributed by atoms with Crippen molar-refractivity contribution in [3.8, 4) is 0 Å². The van der Waals surface area contributed by atoms with Gasteiger partial charge in [-0.05, 0) is 24.1 Å². The lowest BCUT2D eigenvalue weighted by Gasteiger charge is -2.11. The monoisotopic (exact) mass is 314 g/mol. The van der Waals surface area contributed by atoms with E-state index in [1.165, 1.54) is 11.1 Å². The minimum Gasteiger partial charge on any atom is -0.375 e. The van der Waals surface area contributed by atoms with Crippen molar-refractivity contribution >= 4 is 5.96 Å². The molecule has 0 aliphatic heterocycles. The maximum atomic E-state index is 5.67. The number of benzene rings is 1. The van der Waals surface area contributed by atoms with Gasteiger partial charge in [-0.3, -0.25) is 0 Å². The standard InChI is InChI=1S/C18H26N4O/c1-3-19-18(21-13-17-9-11-22(2)14-17)20-10-12-23-15-16-7-5-4-6-8-16/h4-9,11,14H,3,10,12-13,15H2,1-2H3,(H2,19,20,21). The zero-order valence-electron chi connectivity index (χ0n) is 14.0. The Hall–Kier alpha value is -2.27. The molecule has 23 heavy (non-hydrogen) atoms. The summed E-state index contributed by atoms with van der Waals surface area (Å²) in [4.78, 5) is 4.58. The quantitative estimate of drug-likeness (QED) is 0.446. The van der Waals surface area contributed by atoms with Gasteiger partial charge in [0.1, 0.15) is 0 Å². The van der Waals surface area contributed by atoms with Crippen LogP contribution in [-0.4, -0.2) is 30.2 Å². The lowest BCUT2D eigenvalue weighted by molar-refractivity contribution is 0.125. The summed E-state index contributed by atoms with van der Waals surface area (Å²) in [6.45, 7) is 5.58. The van der Waals surface area contributed by atoms with Gasteiger partial charge in [0.25, 0.3) is 0 Å². The summed E-state index contributed by atoms with van der Waals surface area (Å²) in [6, 6.07) is 12.3. The fourth-order valence-corrected chi connectivity index (χ4v) is 2.17. The number of aliphatic imine (C=N–C) groups is 1. The van der Waals surface area contributed by atoms with Gasteiger partial charge in [0.2, 0.25) is 0 Å². The van der Waals surface area contributed by atoms with Gasteiger partial charge < -0.3 is 19.9 Å². The van der Waals surface area contributed by atoms with Crippen molar-refractivity contribution in [1.82, 2.24) is 15.2 Å². The van der Waals surface area contributed by atoms with Gasteiger partial charge in [0, 0.05) is 32.5 Å². The molecule has 2 aromatic rings. The Balaban J connectivity index is 1.69. The summed E-state index contributed by atoms with van der Waals surface area (Å²) >= 11 is 0. The van der Waals surface area contributed by atoms with E-state index in [2.05, 4.69) is 46.9 Å². The van der Waals surface area contributed by atoms with Gasteiger partial charge in [-0.15, -0.1) is 0 Å². The molecular weight excluding hydrogens is 288 g/mol. The highest BCUT2D eigenvalue weighted by atomic mass is 16.5. The van der Waals surface area contributed by atoms with Crippen LogP contribution in [-0.2, 0) is 24.9 Å². The van der Waals surface area contributed by atoms with Crippen LogP contribution >= 0.6 is 0 Å². The third-order valence-corrected chi connectivity index (χ3v) is 3.31. The molecule has 0 fully saturated rings. The second kappa shape index (κ2) is 9.69. The van der Waals surface area contributed by atoms with Gasteiger partial charge in [-0.1, -0.05) is 30.3 Å². The summed E-state index contributed by atoms with van der Waals surface area (Å²) in [6.07, 6.45) is 4.11. The molecule has 124 valence electrons. The molecule has 0 saturated carbocycles. The highest BCUT2D eigenvalue weighted by Gasteiger charge is 1.98. The Labute approximate surface area is 138 Å². The van der Waals surface area contributed by atoms with Crippen molar-refractivity contribution in [3.05, 3.63) is 59.9 Å². The molecule has 2 rings (SSSR count). The van der Waals surface area contributed by atoms with E-state index in [1.807, 2.05) is 36.0 Å². The van der Waals surface area contributed by atoms with Gasteiger partial charge in [0.15, 0.2) is 5.96 Å². The lowest BCUT2D eigenvalue weighted by Crippen LogP contribution is -2.38. The van der Waals surface area contributed by atoms with E-state index in [-0.39, 0.29) is 0 Å². The third-order valence-electron chi connectivity index (χ3n) is 3.31. The number of nitrogens with zero attached hydrogens (tertiary/aromatic N) is 2. The average molecular weight is 314 g/mol. The lowest BCUT2D eigenvalue weighted by atomic mass is 10.2. The number of ether oxygens (including phenoxy) is 1. The fourth-order valence-electron chi connectivity index (χ4n) is 2.17. The summed E-state index contributed by atoms with van der Waals surface area (Å²) in [5, 5.41) is 6.54. The molecule has 0 saturated heterocycles. The topological polar surface area (TPSA) is 50.6 Å².